The zero-order valence-electron chi connectivity index (χ0n) is 8.84. The molecule has 1 aliphatic rings. The minimum Gasteiger partial charge on any atom is -0.483 e. The molecule has 2 heterocycles. The van der Waals surface area contributed by atoms with Crippen LogP contribution < -0.4 is 4.74 Å². The van der Waals surface area contributed by atoms with Crippen LogP contribution in [0, 0.1) is 5.82 Å². The lowest BCUT2D eigenvalue weighted by Gasteiger charge is -2.28. The predicted molar refractivity (Wildman–Crippen MR) is 61.5 cm³/mol. The molecule has 0 fully saturated rings. The van der Waals surface area contributed by atoms with Crippen LogP contribution in [0.2, 0.25) is 0 Å². The molecule has 0 saturated heterocycles. The summed E-state index contributed by atoms with van der Waals surface area (Å²) in [6, 6.07) is 4.20. The SMILES string of the molecule is O[C@H]1CC(c2nccs2)Oc2cc(F)ccc21. The van der Waals surface area contributed by atoms with Crippen LogP contribution in [0.25, 0.3) is 0 Å². The van der Waals surface area contributed by atoms with Crippen LogP contribution in [0.5, 0.6) is 5.75 Å². The second kappa shape index (κ2) is 4.09. The number of benzene rings is 1. The second-order valence-electron chi connectivity index (χ2n) is 3.91. The zero-order valence-corrected chi connectivity index (χ0v) is 9.65. The molecule has 0 bridgehead atoms. The molecule has 2 atom stereocenters. The first-order valence-corrected chi connectivity index (χ1v) is 6.15. The summed E-state index contributed by atoms with van der Waals surface area (Å²) in [5, 5.41) is 12.7. The van der Waals surface area contributed by atoms with E-state index in [9.17, 15) is 9.50 Å². The fourth-order valence-corrected chi connectivity index (χ4v) is 2.64. The smallest absolute Gasteiger partial charge is 0.153 e. The highest BCUT2D eigenvalue weighted by Gasteiger charge is 2.29. The molecule has 88 valence electrons. The van der Waals surface area contributed by atoms with Crippen molar-refractivity contribution in [3.05, 3.63) is 46.2 Å². The number of aliphatic hydroxyl groups is 1. The first kappa shape index (κ1) is 10.7. The van der Waals surface area contributed by atoms with E-state index in [-0.39, 0.29) is 11.9 Å². The molecule has 0 spiro atoms. The minimum atomic E-state index is -0.631. The molecule has 2 aromatic rings. The normalized spacial score (nSPS) is 22.9. The Balaban J connectivity index is 1.97. The zero-order chi connectivity index (χ0) is 11.8. The van der Waals surface area contributed by atoms with Gasteiger partial charge in [-0.2, -0.15) is 0 Å². The van der Waals surface area contributed by atoms with Crippen LogP contribution in [0.3, 0.4) is 0 Å². The number of fused-ring (bicyclic) bond motifs is 1. The van der Waals surface area contributed by atoms with E-state index < -0.39 is 6.10 Å². The van der Waals surface area contributed by atoms with Crippen molar-refractivity contribution in [2.45, 2.75) is 18.6 Å². The number of hydrogen-bond acceptors (Lipinski definition) is 4. The third-order valence-corrected chi connectivity index (χ3v) is 3.64. The van der Waals surface area contributed by atoms with Crippen molar-refractivity contribution >= 4 is 11.3 Å². The molecular weight excluding hydrogens is 241 g/mol. The molecule has 3 nitrogen and oxygen atoms in total. The van der Waals surface area contributed by atoms with E-state index in [4.69, 9.17) is 4.74 Å². The van der Waals surface area contributed by atoms with E-state index in [1.165, 1.54) is 23.5 Å². The van der Waals surface area contributed by atoms with Gasteiger partial charge in [-0.3, -0.25) is 0 Å². The van der Waals surface area contributed by atoms with Gasteiger partial charge in [0, 0.05) is 29.6 Å². The molecule has 1 aliphatic heterocycles. The maximum Gasteiger partial charge on any atom is 0.153 e. The summed E-state index contributed by atoms with van der Waals surface area (Å²) in [4.78, 5) is 4.16. The molecule has 5 heteroatoms. The highest BCUT2D eigenvalue weighted by atomic mass is 32.1. The number of hydrogen-bond donors (Lipinski definition) is 1. The lowest BCUT2D eigenvalue weighted by Crippen LogP contribution is -2.19. The van der Waals surface area contributed by atoms with Crippen molar-refractivity contribution in [2.24, 2.45) is 0 Å². The number of ether oxygens (including phenoxy) is 1. The number of aliphatic hydroxyl groups excluding tert-OH is 1. The van der Waals surface area contributed by atoms with Gasteiger partial charge < -0.3 is 9.84 Å². The van der Waals surface area contributed by atoms with Gasteiger partial charge >= 0.3 is 0 Å². The maximum absolute atomic E-state index is 13.1. The second-order valence-corrected chi connectivity index (χ2v) is 4.84. The van der Waals surface area contributed by atoms with E-state index in [0.717, 1.165) is 5.01 Å². The summed E-state index contributed by atoms with van der Waals surface area (Å²) in [5.74, 6) is 0.0414. The molecule has 3 rings (SSSR count). The third-order valence-electron chi connectivity index (χ3n) is 2.77. The Bertz CT molecular complexity index is 529. The summed E-state index contributed by atoms with van der Waals surface area (Å²) in [6.45, 7) is 0. The Morgan fingerprint density at radius 3 is 3.12 bits per heavy atom. The van der Waals surface area contributed by atoms with E-state index in [2.05, 4.69) is 4.98 Å². The lowest BCUT2D eigenvalue weighted by molar-refractivity contribution is 0.0652. The fraction of sp³-hybridized carbons (Fsp3) is 0.250. The summed E-state index contributed by atoms with van der Waals surface area (Å²) < 4.78 is 18.8. The van der Waals surface area contributed by atoms with E-state index in [1.807, 2.05) is 5.38 Å². The molecule has 1 unspecified atom stereocenters. The minimum absolute atomic E-state index is 0.292. The maximum atomic E-state index is 13.1. The monoisotopic (exact) mass is 251 g/mol. The number of halogens is 1. The molecule has 0 amide bonds. The largest absolute Gasteiger partial charge is 0.483 e. The van der Waals surface area contributed by atoms with Crippen molar-refractivity contribution in [1.82, 2.24) is 4.98 Å². The van der Waals surface area contributed by atoms with Crippen molar-refractivity contribution < 1.29 is 14.2 Å². The summed E-state index contributed by atoms with van der Waals surface area (Å²) in [5.41, 5.74) is 0.638. The molecule has 17 heavy (non-hydrogen) atoms. The van der Waals surface area contributed by atoms with Gasteiger partial charge in [-0.1, -0.05) is 0 Å². The third kappa shape index (κ3) is 1.92. The van der Waals surface area contributed by atoms with Crippen LogP contribution in [0.15, 0.2) is 29.8 Å². The molecule has 0 saturated carbocycles. The number of rotatable bonds is 1. The Morgan fingerprint density at radius 2 is 2.35 bits per heavy atom. The van der Waals surface area contributed by atoms with Crippen molar-refractivity contribution in [2.75, 3.05) is 0 Å². The average Bonchev–Trinajstić information content (AvgIpc) is 2.81. The van der Waals surface area contributed by atoms with E-state index >= 15 is 0 Å². The van der Waals surface area contributed by atoms with Gasteiger partial charge in [0.25, 0.3) is 0 Å². The first-order valence-electron chi connectivity index (χ1n) is 5.27. The molecule has 1 aromatic heterocycles. The number of aromatic nitrogens is 1. The van der Waals surface area contributed by atoms with Gasteiger partial charge in [-0.05, 0) is 12.1 Å². The molecule has 1 N–H and O–H groups in total. The Labute approximate surface area is 102 Å². The van der Waals surface area contributed by atoms with Gasteiger partial charge in [-0.15, -0.1) is 11.3 Å². The van der Waals surface area contributed by atoms with Gasteiger partial charge in [-0.25, -0.2) is 9.37 Å². The van der Waals surface area contributed by atoms with Crippen LogP contribution in [-0.2, 0) is 0 Å². The van der Waals surface area contributed by atoms with Gasteiger partial charge in [0.1, 0.15) is 16.6 Å². The molecule has 0 radical (unpaired) electrons. The fourth-order valence-electron chi connectivity index (χ4n) is 1.96. The quantitative estimate of drug-likeness (QED) is 0.847. The Kier molecular flexibility index (Phi) is 2.57. The van der Waals surface area contributed by atoms with Gasteiger partial charge in [0.05, 0.1) is 6.10 Å². The van der Waals surface area contributed by atoms with Crippen LogP contribution in [0.4, 0.5) is 4.39 Å². The highest BCUT2D eigenvalue weighted by molar-refractivity contribution is 7.09. The average molecular weight is 251 g/mol. The molecular formula is C12H10FNO2S. The van der Waals surface area contributed by atoms with Crippen LogP contribution in [0.1, 0.15) is 29.2 Å². The topological polar surface area (TPSA) is 42.4 Å². The van der Waals surface area contributed by atoms with E-state index in [0.29, 0.717) is 17.7 Å². The standard InChI is InChI=1S/C12H10FNO2S/c13-7-1-2-8-9(15)6-11(16-10(8)5-7)12-14-3-4-17-12/h1-5,9,11,15H,6H2/t9-,11?/m0/s1. The summed E-state index contributed by atoms with van der Waals surface area (Å²) in [7, 11) is 0. The first-order chi connectivity index (χ1) is 8.24. The molecule has 1 aromatic carbocycles. The lowest BCUT2D eigenvalue weighted by atomic mass is 9.99. The van der Waals surface area contributed by atoms with E-state index in [1.54, 1.807) is 12.3 Å². The van der Waals surface area contributed by atoms with Crippen molar-refractivity contribution in [1.29, 1.82) is 0 Å². The molecule has 0 aliphatic carbocycles. The Hall–Kier alpha value is -1.46. The van der Waals surface area contributed by atoms with Crippen LogP contribution in [-0.4, -0.2) is 10.1 Å². The number of nitrogens with zero attached hydrogens (tertiary/aromatic N) is 1. The summed E-state index contributed by atoms with van der Waals surface area (Å²) >= 11 is 1.47. The van der Waals surface area contributed by atoms with Crippen molar-refractivity contribution in [3.63, 3.8) is 0 Å². The summed E-state index contributed by atoms with van der Waals surface area (Å²) in [6.07, 6.45) is 1.22. The highest BCUT2D eigenvalue weighted by Crippen LogP contribution is 2.41. The van der Waals surface area contributed by atoms with Gasteiger partial charge in [0.15, 0.2) is 6.10 Å². The number of thiazole rings is 1. The van der Waals surface area contributed by atoms with Crippen LogP contribution >= 0.6 is 11.3 Å². The van der Waals surface area contributed by atoms with Gasteiger partial charge in [0.2, 0.25) is 0 Å². The predicted octanol–water partition coefficient (Wildman–Crippen LogP) is 2.84. The van der Waals surface area contributed by atoms with Crippen molar-refractivity contribution in [3.8, 4) is 5.75 Å². The Morgan fingerprint density at radius 1 is 1.47 bits per heavy atom.